The topological polar surface area (TPSA) is 94.6 Å². The van der Waals surface area contributed by atoms with Crippen molar-refractivity contribution in [1.82, 2.24) is 9.78 Å². The first kappa shape index (κ1) is 15.8. The molecule has 120 valence electrons. The molecule has 0 spiro atoms. The van der Waals surface area contributed by atoms with E-state index in [0.29, 0.717) is 5.02 Å². The average molecular weight is 339 g/mol. The van der Waals surface area contributed by atoms with Crippen LogP contribution in [0.5, 0.6) is 0 Å². The van der Waals surface area contributed by atoms with E-state index < -0.39 is 0 Å². The molecular weight excluding hydrogens is 324 g/mol. The third kappa shape index (κ3) is 3.61. The molecule has 3 aromatic rings. The molecule has 1 aromatic heterocycles. The predicted molar refractivity (Wildman–Crippen MR) is 97.4 cm³/mol. The van der Waals surface area contributed by atoms with Crippen molar-refractivity contribution in [3.05, 3.63) is 71.4 Å². The number of hydrogen-bond donors (Lipinski definition) is 2. The number of benzene rings is 2. The number of hydrogen-bond acceptors (Lipinski definition) is 3. The summed E-state index contributed by atoms with van der Waals surface area (Å²) in [4.78, 5) is 0. The van der Waals surface area contributed by atoms with Crippen molar-refractivity contribution in [2.45, 2.75) is 0 Å². The summed E-state index contributed by atoms with van der Waals surface area (Å²) in [6.07, 6.45) is 3.42. The molecule has 0 saturated heterocycles. The maximum Gasteiger partial charge on any atom is 0.211 e. The van der Waals surface area contributed by atoms with Crippen LogP contribution in [0.15, 0.2) is 71.0 Å². The monoisotopic (exact) mass is 338 g/mol. The standard InChI is InChI=1S/C17H15ClN6/c18-14-6-4-5-12(9-14)16-13(10-21-22-17(19)20)11-24(23-16)15-7-2-1-3-8-15/h1-11H,(H4,19,20,22)/b21-10+. The molecule has 4 N–H and O–H groups in total. The van der Waals surface area contributed by atoms with Gasteiger partial charge in [-0.1, -0.05) is 41.9 Å². The summed E-state index contributed by atoms with van der Waals surface area (Å²) in [5, 5.41) is 12.8. The second-order valence-corrected chi connectivity index (χ2v) is 5.43. The van der Waals surface area contributed by atoms with Crippen LogP contribution in [0, 0.1) is 0 Å². The van der Waals surface area contributed by atoms with Crippen LogP contribution in [-0.4, -0.2) is 22.0 Å². The van der Waals surface area contributed by atoms with E-state index in [1.165, 1.54) is 0 Å². The lowest BCUT2D eigenvalue weighted by atomic mass is 10.1. The van der Waals surface area contributed by atoms with Gasteiger partial charge >= 0.3 is 0 Å². The van der Waals surface area contributed by atoms with Crippen LogP contribution >= 0.6 is 11.6 Å². The highest BCUT2D eigenvalue weighted by Crippen LogP contribution is 2.25. The molecular formula is C17H15ClN6. The average Bonchev–Trinajstić information content (AvgIpc) is 2.99. The van der Waals surface area contributed by atoms with Crippen LogP contribution in [-0.2, 0) is 0 Å². The van der Waals surface area contributed by atoms with Gasteiger partial charge in [0.25, 0.3) is 0 Å². The minimum Gasteiger partial charge on any atom is -0.369 e. The first-order valence-corrected chi connectivity index (χ1v) is 7.54. The number of nitrogens with two attached hydrogens (primary N) is 2. The summed E-state index contributed by atoms with van der Waals surface area (Å²) in [5.41, 5.74) is 13.9. The maximum atomic E-state index is 6.09. The smallest absolute Gasteiger partial charge is 0.211 e. The lowest BCUT2D eigenvalue weighted by Crippen LogP contribution is -2.21. The summed E-state index contributed by atoms with van der Waals surface area (Å²) < 4.78 is 1.77. The first-order chi connectivity index (χ1) is 11.6. The van der Waals surface area contributed by atoms with Crippen LogP contribution in [0.25, 0.3) is 16.9 Å². The van der Waals surface area contributed by atoms with Gasteiger partial charge in [-0.3, -0.25) is 0 Å². The van der Waals surface area contributed by atoms with Gasteiger partial charge in [-0.2, -0.15) is 10.2 Å². The van der Waals surface area contributed by atoms with Crippen molar-refractivity contribution in [2.24, 2.45) is 21.7 Å². The molecule has 6 nitrogen and oxygen atoms in total. The second-order valence-electron chi connectivity index (χ2n) is 4.99. The molecule has 0 fully saturated rings. The molecule has 0 amide bonds. The molecule has 0 unspecified atom stereocenters. The van der Waals surface area contributed by atoms with Gasteiger partial charge in [-0.05, 0) is 24.3 Å². The Morgan fingerprint density at radius 1 is 1.08 bits per heavy atom. The number of rotatable bonds is 4. The number of nitrogens with zero attached hydrogens (tertiary/aromatic N) is 4. The minimum atomic E-state index is -0.106. The van der Waals surface area contributed by atoms with Crippen molar-refractivity contribution in [1.29, 1.82) is 0 Å². The number of para-hydroxylation sites is 1. The highest BCUT2D eigenvalue weighted by Gasteiger charge is 2.11. The Hall–Kier alpha value is -3.12. The van der Waals surface area contributed by atoms with Crippen molar-refractivity contribution >= 4 is 23.8 Å². The Morgan fingerprint density at radius 3 is 2.58 bits per heavy atom. The SMILES string of the molecule is NC(N)=N/N=C/c1cn(-c2ccccc2)nc1-c1cccc(Cl)c1. The molecule has 0 aliphatic heterocycles. The molecule has 0 bridgehead atoms. The zero-order valence-electron chi connectivity index (χ0n) is 12.7. The number of halogens is 1. The summed E-state index contributed by atoms with van der Waals surface area (Å²) >= 11 is 6.09. The Labute approximate surface area is 144 Å². The van der Waals surface area contributed by atoms with Gasteiger partial charge in [0.1, 0.15) is 5.69 Å². The minimum absolute atomic E-state index is 0.106. The molecule has 7 heteroatoms. The van der Waals surface area contributed by atoms with Crippen LogP contribution in [0.1, 0.15) is 5.56 Å². The highest BCUT2D eigenvalue weighted by atomic mass is 35.5. The van der Waals surface area contributed by atoms with Gasteiger partial charge in [0, 0.05) is 22.3 Å². The fourth-order valence-electron chi connectivity index (χ4n) is 2.21. The third-order valence-electron chi connectivity index (χ3n) is 3.23. The fourth-order valence-corrected chi connectivity index (χ4v) is 2.40. The van der Waals surface area contributed by atoms with Gasteiger partial charge in [0.05, 0.1) is 11.9 Å². The first-order valence-electron chi connectivity index (χ1n) is 7.16. The molecule has 3 rings (SSSR count). The van der Waals surface area contributed by atoms with Gasteiger partial charge in [0.15, 0.2) is 0 Å². The van der Waals surface area contributed by atoms with E-state index in [4.69, 9.17) is 23.1 Å². The van der Waals surface area contributed by atoms with E-state index in [1.54, 1.807) is 10.9 Å². The van der Waals surface area contributed by atoms with Crippen LogP contribution in [0.4, 0.5) is 0 Å². The normalized spacial score (nSPS) is 10.9. The largest absolute Gasteiger partial charge is 0.369 e. The fraction of sp³-hybridized carbons (Fsp3) is 0. The maximum absolute atomic E-state index is 6.09. The van der Waals surface area contributed by atoms with Gasteiger partial charge < -0.3 is 11.5 Å². The van der Waals surface area contributed by atoms with Gasteiger partial charge in [-0.15, -0.1) is 5.10 Å². The van der Waals surface area contributed by atoms with Crippen molar-refractivity contribution in [3.8, 4) is 16.9 Å². The Bertz CT molecular complexity index is 894. The van der Waals surface area contributed by atoms with E-state index in [2.05, 4.69) is 15.3 Å². The van der Waals surface area contributed by atoms with Crippen LogP contribution in [0.3, 0.4) is 0 Å². The molecule has 0 saturated carbocycles. The van der Waals surface area contributed by atoms with E-state index in [0.717, 1.165) is 22.5 Å². The Morgan fingerprint density at radius 2 is 1.88 bits per heavy atom. The third-order valence-corrected chi connectivity index (χ3v) is 3.47. The van der Waals surface area contributed by atoms with E-state index >= 15 is 0 Å². The Balaban J connectivity index is 2.09. The van der Waals surface area contributed by atoms with Crippen molar-refractivity contribution < 1.29 is 0 Å². The van der Waals surface area contributed by atoms with E-state index in [9.17, 15) is 0 Å². The molecule has 24 heavy (non-hydrogen) atoms. The molecule has 0 aliphatic rings. The summed E-state index contributed by atoms with van der Waals surface area (Å²) in [5.74, 6) is -0.106. The lowest BCUT2D eigenvalue weighted by Gasteiger charge is -2.00. The van der Waals surface area contributed by atoms with E-state index in [1.807, 2.05) is 60.8 Å². The van der Waals surface area contributed by atoms with Gasteiger partial charge in [-0.25, -0.2) is 4.68 Å². The van der Waals surface area contributed by atoms with E-state index in [-0.39, 0.29) is 5.96 Å². The summed E-state index contributed by atoms with van der Waals surface area (Å²) in [7, 11) is 0. The molecule has 0 aliphatic carbocycles. The Kier molecular flexibility index (Phi) is 4.58. The predicted octanol–water partition coefficient (Wildman–Crippen LogP) is 2.80. The number of guanidine groups is 1. The molecule has 1 heterocycles. The highest BCUT2D eigenvalue weighted by molar-refractivity contribution is 6.30. The quantitative estimate of drug-likeness (QED) is 0.435. The van der Waals surface area contributed by atoms with Crippen LogP contribution < -0.4 is 11.5 Å². The van der Waals surface area contributed by atoms with Crippen molar-refractivity contribution in [2.75, 3.05) is 0 Å². The molecule has 0 atom stereocenters. The molecule has 2 aromatic carbocycles. The zero-order chi connectivity index (χ0) is 16.9. The molecule has 0 radical (unpaired) electrons. The lowest BCUT2D eigenvalue weighted by molar-refractivity contribution is 0.884. The van der Waals surface area contributed by atoms with Crippen molar-refractivity contribution in [3.63, 3.8) is 0 Å². The summed E-state index contributed by atoms with van der Waals surface area (Å²) in [6, 6.07) is 17.2. The number of aromatic nitrogens is 2. The zero-order valence-corrected chi connectivity index (χ0v) is 13.4. The van der Waals surface area contributed by atoms with Gasteiger partial charge in [0.2, 0.25) is 5.96 Å². The summed E-state index contributed by atoms with van der Waals surface area (Å²) in [6.45, 7) is 0. The second kappa shape index (κ2) is 6.97. The van der Waals surface area contributed by atoms with Crippen LogP contribution in [0.2, 0.25) is 5.02 Å².